The van der Waals surface area contributed by atoms with E-state index in [0.717, 1.165) is 18.4 Å². The van der Waals surface area contributed by atoms with Crippen molar-refractivity contribution in [2.45, 2.75) is 25.8 Å². The average Bonchev–Trinajstić information content (AvgIpc) is 3.47. The molecule has 0 saturated heterocycles. The van der Waals surface area contributed by atoms with Gasteiger partial charge in [0, 0.05) is 22.7 Å². The second kappa shape index (κ2) is 7.24. The molecule has 7 nitrogen and oxygen atoms in total. The summed E-state index contributed by atoms with van der Waals surface area (Å²) in [5.74, 6) is -0.411. The van der Waals surface area contributed by atoms with Crippen molar-refractivity contribution < 1.29 is 9.59 Å². The molecular formula is C22H19N5O2. The largest absolute Gasteiger partial charge is 0.382 e. The van der Waals surface area contributed by atoms with E-state index in [1.807, 2.05) is 19.1 Å². The first-order chi connectivity index (χ1) is 14.0. The van der Waals surface area contributed by atoms with E-state index in [1.165, 1.54) is 6.07 Å². The summed E-state index contributed by atoms with van der Waals surface area (Å²) in [5, 5.41) is 18.9. The van der Waals surface area contributed by atoms with Crippen molar-refractivity contribution in [1.82, 2.24) is 15.5 Å². The molecule has 0 aliphatic heterocycles. The van der Waals surface area contributed by atoms with E-state index in [2.05, 4.69) is 15.5 Å². The molecule has 144 valence electrons. The van der Waals surface area contributed by atoms with E-state index in [1.54, 1.807) is 30.3 Å². The lowest BCUT2D eigenvalue weighted by atomic mass is 9.95. The Morgan fingerprint density at radius 3 is 2.72 bits per heavy atom. The van der Waals surface area contributed by atoms with Gasteiger partial charge in [-0.05, 0) is 49.6 Å². The summed E-state index contributed by atoms with van der Waals surface area (Å²) in [6.45, 7) is 1.89. The van der Waals surface area contributed by atoms with Crippen LogP contribution >= 0.6 is 0 Å². The predicted octanol–water partition coefficient (Wildman–Crippen LogP) is 2.96. The fourth-order valence-electron chi connectivity index (χ4n) is 3.18. The van der Waals surface area contributed by atoms with Crippen molar-refractivity contribution in [3.8, 4) is 17.3 Å². The molecule has 1 aliphatic rings. The summed E-state index contributed by atoms with van der Waals surface area (Å²) < 4.78 is 0. The van der Waals surface area contributed by atoms with Crippen LogP contribution in [-0.2, 0) is 0 Å². The summed E-state index contributed by atoms with van der Waals surface area (Å²) >= 11 is 0. The fraction of sp³-hybridized carbons (Fsp3) is 0.182. The smallest absolute Gasteiger partial charge is 0.251 e. The molecule has 2 aromatic carbocycles. The summed E-state index contributed by atoms with van der Waals surface area (Å²) in [4.78, 5) is 25.6. The van der Waals surface area contributed by atoms with E-state index >= 15 is 0 Å². The highest BCUT2D eigenvalue weighted by Crippen LogP contribution is 2.31. The van der Waals surface area contributed by atoms with Gasteiger partial charge in [0.25, 0.3) is 5.91 Å². The molecule has 0 spiro atoms. The zero-order valence-electron chi connectivity index (χ0n) is 15.8. The number of benzene rings is 2. The third kappa shape index (κ3) is 3.60. The molecule has 0 radical (unpaired) electrons. The third-order valence-electron chi connectivity index (χ3n) is 4.96. The number of ketones is 1. The summed E-state index contributed by atoms with van der Waals surface area (Å²) in [5.41, 5.74) is 9.47. The van der Waals surface area contributed by atoms with E-state index in [9.17, 15) is 9.59 Å². The number of aromatic amines is 1. The summed E-state index contributed by atoms with van der Waals surface area (Å²) in [6, 6.07) is 14.0. The van der Waals surface area contributed by atoms with Gasteiger partial charge in [0.1, 0.15) is 0 Å². The number of nitrogen functional groups attached to an aromatic ring is 1. The van der Waals surface area contributed by atoms with Crippen molar-refractivity contribution in [3.05, 3.63) is 70.3 Å². The second-order valence-electron chi connectivity index (χ2n) is 7.16. The number of carbonyl (C=O) groups is 2. The maximum atomic E-state index is 13.1. The monoisotopic (exact) mass is 385 g/mol. The first-order valence-corrected chi connectivity index (χ1v) is 9.28. The Kier molecular flexibility index (Phi) is 4.61. The molecule has 1 heterocycles. The number of nitriles is 1. The summed E-state index contributed by atoms with van der Waals surface area (Å²) in [6.07, 6.45) is 2.00. The number of anilines is 1. The second-order valence-corrected chi connectivity index (χ2v) is 7.16. The van der Waals surface area contributed by atoms with Crippen LogP contribution < -0.4 is 11.1 Å². The van der Waals surface area contributed by atoms with Crippen molar-refractivity contribution in [2.75, 3.05) is 5.73 Å². The van der Waals surface area contributed by atoms with E-state index in [0.29, 0.717) is 27.9 Å². The van der Waals surface area contributed by atoms with Gasteiger partial charge in [-0.1, -0.05) is 18.2 Å². The molecule has 4 N–H and O–H groups in total. The van der Waals surface area contributed by atoms with Gasteiger partial charge in [0.2, 0.25) is 0 Å². The highest BCUT2D eigenvalue weighted by atomic mass is 16.1. The minimum absolute atomic E-state index is 0.0691. The number of hydrogen-bond donors (Lipinski definition) is 3. The number of amides is 1. The zero-order chi connectivity index (χ0) is 20.5. The molecule has 3 aromatic rings. The van der Waals surface area contributed by atoms with Crippen LogP contribution in [0.3, 0.4) is 0 Å². The number of nitrogens with one attached hydrogen (secondary N) is 2. The zero-order valence-corrected chi connectivity index (χ0v) is 15.8. The third-order valence-corrected chi connectivity index (χ3v) is 4.96. The van der Waals surface area contributed by atoms with E-state index in [-0.39, 0.29) is 29.1 Å². The number of H-pyrrole nitrogens is 1. The topological polar surface area (TPSA) is 125 Å². The number of aromatic nitrogens is 2. The molecule has 29 heavy (non-hydrogen) atoms. The highest BCUT2D eigenvalue weighted by Gasteiger charge is 2.26. The van der Waals surface area contributed by atoms with Crippen LogP contribution in [0.2, 0.25) is 0 Å². The van der Waals surface area contributed by atoms with E-state index < -0.39 is 0 Å². The van der Waals surface area contributed by atoms with Gasteiger partial charge in [0.15, 0.2) is 11.6 Å². The molecule has 1 fully saturated rings. The molecule has 1 amide bonds. The standard InChI is InChI=1S/C22H19N5O2/c1-12-5-6-15(22(29)25-16-7-8-16)10-17(12)19-18(21(24)27-26-19)20(28)14-4-2-3-13(9-14)11-23/h2-6,9-10,16H,7-8H2,1H3,(H,25,29)(H3,24,26,27). The van der Waals surface area contributed by atoms with Gasteiger partial charge in [-0.2, -0.15) is 10.4 Å². The molecule has 0 unspecified atom stereocenters. The van der Waals surface area contributed by atoms with Crippen LogP contribution in [0.25, 0.3) is 11.3 Å². The number of carbonyl (C=O) groups excluding carboxylic acids is 2. The lowest BCUT2D eigenvalue weighted by Gasteiger charge is -2.10. The molecule has 0 atom stereocenters. The van der Waals surface area contributed by atoms with Gasteiger partial charge in [0.05, 0.1) is 22.9 Å². The highest BCUT2D eigenvalue weighted by molar-refractivity contribution is 6.15. The first-order valence-electron chi connectivity index (χ1n) is 9.28. The van der Waals surface area contributed by atoms with Gasteiger partial charge in [-0.25, -0.2) is 0 Å². The first kappa shape index (κ1) is 18.4. The molecule has 1 aromatic heterocycles. The Morgan fingerprint density at radius 1 is 1.21 bits per heavy atom. The molecular weight excluding hydrogens is 366 g/mol. The fourth-order valence-corrected chi connectivity index (χ4v) is 3.18. The molecule has 1 aliphatic carbocycles. The molecule has 4 rings (SSSR count). The van der Waals surface area contributed by atoms with Crippen LogP contribution in [0.1, 0.15) is 50.2 Å². The van der Waals surface area contributed by atoms with Crippen molar-refractivity contribution in [1.29, 1.82) is 5.26 Å². The van der Waals surface area contributed by atoms with Crippen molar-refractivity contribution >= 4 is 17.5 Å². The van der Waals surface area contributed by atoms with Crippen LogP contribution in [0, 0.1) is 18.3 Å². The maximum Gasteiger partial charge on any atom is 0.251 e. The van der Waals surface area contributed by atoms with Crippen molar-refractivity contribution in [3.63, 3.8) is 0 Å². The summed E-state index contributed by atoms with van der Waals surface area (Å²) in [7, 11) is 0. The van der Waals surface area contributed by atoms with Crippen molar-refractivity contribution in [2.24, 2.45) is 0 Å². The number of hydrogen-bond acceptors (Lipinski definition) is 5. The van der Waals surface area contributed by atoms with Gasteiger partial charge < -0.3 is 11.1 Å². The van der Waals surface area contributed by atoms with Crippen LogP contribution in [-0.4, -0.2) is 27.9 Å². The Labute approximate surface area is 167 Å². The Balaban J connectivity index is 1.76. The van der Waals surface area contributed by atoms with Gasteiger partial charge in [-0.15, -0.1) is 0 Å². The number of aryl methyl sites for hydroxylation is 1. The number of nitrogens with two attached hydrogens (primary N) is 1. The van der Waals surface area contributed by atoms with Gasteiger partial charge in [-0.3, -0.25) is 14.7 Å². The Morgan fingerprint density at radius 2 is 2.00 bits per heavy atom. The van der Waals surface area contributed by atoms with Crippen LogP contribution in [0.15, 0.2) is 42.5 Å². The van der Waals surface area contributed by atoms with Crippen LogP contribution in [0.4, 0.5) is 5.82 Å². The minimum atomic E-state index is -0.337. The van der Waals surface area contributed by atoms with Crippen LogP contribution in [0.5, 0.6) is 0 Å². The lowest BCUT2D eigenvalue weighted by Crippen LogP contribution is -2.25. The average molecular weight is 385 g/mol. The lowest BCUT2D eigenvalue weighted by molar-refractivity contribution is 0.0950. The van der Waals surface area contributed by atoms with E-state index in [4.69, 9.17) is 11.0 Å². The number of nitrogens with zero attached hydrogens (tertiary/aromatic N) is 2. The molecule has 1 saturated carbocycles. The normalized spacial score (nSPS) is 13.0. The Hall–Kier alpha value is -3.92. The quantitative estimate of drug-likeness (QED) is 0.582. The van der Waals surface area contributed by atoms with Gasteiger partial charge >= 0.3 is 0 Å². The Bertz CT molecular complexity index is 1170. The molecule has 7 heteroatoms. The SMILES string of the molecule is Cc1ccc(C(=O)NC2CC2)cc1-c1[nH]nc(N)c1C(=O)c1cccc(C#N)c1. The maximum absolute atomic E-state index is 13.1. The molecule has 0 bridgehead atoms. The number of rotatable bonds is 5. The predicted molar refractivity (Wildman–Crippen MR) is 108 cm³/mol. The minimum Gasteiger partial charge on any atom is -0.382 e.